The molecule has 10 nitrogen and oxygen atoms in total. The summed E-state index contributed by atoms with van der Waals surface area (Å²) in [7, 11) is 0. The lowest BCUT2D eigenvalue weighted by atomic mass is 9.67. The first-order chi connectivity index (χ1) is 17.6. The van der Waals surface area contributed by atoms with Crippen molar-refractivity contribution in [2.45, 2.75) is 90.9 Å². The zero-order chi connectivity index (χ0) is 28.6. The van der Waals surface area contributed by atoms with Crippen molar-refractivity contribution in [3.05, 3.63) is 39.9 Å². The van der Waals surface area contributed by atoms with Crippen LogP contribution in [-0.4, -0.2) is 58.3 Å². The molecule has 1 fully saturated rings. The molecule has 0 aliphatic heterocycles. The fraction of sp³-hybridized carbons (Fsp3) is 0.667. The van der Waals surface area contributed by atoms with Crippen LogP contribution >= 0.6 is 11.8 Å². The summed E-state index contributed by atoms with van der Waals surface area (Å²) in [6.45, 7) is 10.9. The summed E-state index contributed by atoms with van der Waals surface area (Å²) >= 11 is 1.66. The van der Waals surface area contributed by atoms with Crippen LogP contribution < -0.4 is 5.32 Å². The lowest BCUT2D eigenvalue weighted by Crippen LogP contribution is -2.46. The Bertz CT molecular complexity index is 978. The molecule has 0 bridgehead atoms. The summed E-state index contributed by atoms with van der Waals surface area (Å²) < 4.78 is 16.3. The molecule has 1 aliphatic rings. The second kappa shape index (κ2) is 13.3. The van der Waals surface area contributed by atoms with E-state index < -0.39 is 40.2 Å². The number of amides is 1. The van der Waals surface area contributed by atoms with Gasteiger partial charge in [0.1, 0.15) is 17.2 Å². The molecule has 1 saturated carbocycles. The topological polar surface area (TPSA) is 134 Å². The molecule has 0 unspecified atom stereocenters. The van der Waals surface area contributed by atoms with Gasteiger partial charge in [0.25, 0.3) is 5.69 Å². The standard InChI is InChI=1S/C27H40N2O8S/c1-25(2,3)36-23(31)21(28-24(32)37-26(4,5)6)12-16-38-17-15-27(13-7-14-27)18-35-22(30)19-8-10-20(11-9-19)29(33)34/h8-11,21H,7,12-18H2,1-6H3,(H,28,32)/t21-/m0/s1. The summed E-state index contributed by atoms with van der Waals surface area (Å²) in [6.07, 6.45) is 3.56. The Balaban J connectivity index is 1.83. The molecule has 0 radical (unpaired) electrons. The predicted molar refractivity (Wildman–Crippen MR) is 145 cm³/mol. The van der Waals surface area contributed by atoms with Crippen LogP contribution in [0.5, 0.6) is 0 Å². The highest BCUT2D eigenvalue weighted by atomic mass is 32.2. The third-order valence-electron chi connectivity index (χ3n) is 5.95. The van der Waals surface area contributed by atoms with E-state index in [2.05, 4.69) is 5.32 Å². The molecular formula is C27H40N2O8S. The number of carbonyl (C=O) groups is 3. The molecule has 0 saturated heterocycles. The van der Waals surface area contributed by atoms with Gasteiger partial charge in [-0.1, -0.05) is 6.42 Å². The number of nitro groups is 1. The predicted octanol–water partition coefficient (Wildman–Crippen LogP) is 5.67. The average molecular weight is 553 g/mol. The van der Waals surface area contributed by atoms with Gasteiger partial charge >= 0.3 is 18.0 Å². The normalized spacial score (nSPS) is 15.5. The lowest BCUT2D eigenvalue weighted by Gasteiger charge is -2.41. The monoisotopic (exact) mass is 552 g/mol. The summed E-state index contributed by atoms with van der Waals surface area (Å²) in [4.78, 5) is 47.6. The molecule has 0 spiro atoms. The van der Waals surface area contributed by atoms with Crippen LogP contribution in [0.2, 0.25) is 0 Å². The summed E-state index contributed by atoms with van der Waals surface area (Å²) in [5, 5.41) is 13.4. The summed E-state index contributed by atoms with van der Waals surface area (Å²) in [5.41, 5.74) is -1.24. The minimum atomic E-state index is -0.822. The van der Waals surface area contributed by atoms with E-state index in [9.17, 15) is 24.5 Å². The van der Waals surface area contributed by atoms with E-state index in [-0.39, 0.29) is 16.7 Å². The number of rotatable bonds is 12. The van der Waals surface area contributed by atoms with Gasteiger partial charge in [-0.2, -0.15) is 11.8 Å². The number of non-ortho nitro benzene ring substituents is 1. The van der Waals surface area contributed by atoms with Gasteiger partial charge in [0.05, 0.1) is 17.1 Å². The van der Waals surface area contributed by atoms with Crippen molar-refractivity contribution in [3.8, 4) is 0 Å². The second-order valence-electron chi connectivity index (χ2n) is 11.6. The maximum atomic E-state index is 12.7. The minimum Gasteiger partial charge on any atom is -0.462 e. The maximum Gasteiger partial charge on any atom is 0.408 e. The fourth-order valence-electron chi connectivity index (χ4n) is 3.83. The Labute approximate surface area is 228 Å². The van der Waals surface area contributed by atoms with Gasteiger partial charge in [-0.05, 0) is 90.9 Å². The van der Waals surface area contributed by atoms with E-state index in [1.54, 1.807) is 53.3 Å². The van der Waals surface area contributed by atoms with Gasteiger partial charge in [-0.3, -0.25) is 10.1 Å². The lowest BCUT2D eigenvalue weighted by molar-refractivity contribution is -0.384. The number of alkyl carbamates (subject to hydrolysis) is 1. The number of thioether (sulfide) groups is 1. The first-order valence-electron chi connectivity index (χ1n) is 12.8. The van der Waals surface area contributed by atoms with Crippen molar-refractivity contribution in [2.24, 2.45) is 5.41 Å². The molecule has 1 atom stereocenters. The van der Waals surface area contributed by atoms with Crippen molar-refractivity contribution in [1.29, 1.82) is 0 Å². The van der Waals surface area contributed by atoms with Gasteiger partial charge in [-0.25, -0.2) is 14.4 Å². The molecular weight excluding hydrogens is 512 g/mol. The fourth-order valence-corrected chi connectivity index (χ4v) is 5.01. The summed E-state index contributed by atoms with van der Waals surface area (Å²) in [6, 6.07) is 4.55. The van der Waals surface area contributed by atoms with Crippen molar-refractivity contribution in [3.63, 3.8) is 0 Å². The molecule has 1 aromatic rings. The molecule has 1 amide bonds. The molecule has 212 valence electrons. The Morgan fingerprint density at radius 1 is 1.03 bits per heavy atom. The van der Waals surface area contributed by atoms with Crippen molar-refractivity contribution < 1.29 is 33.5 Å². The maximum absolute atomic E-state index is 12.7. The first-order valence-corrected chi connectivity index (χ1v) is 14.0. The number of hydrogen-bond acceptors (Lipinski definition) is 9. The Morgan fingerprint density at radius 3 is 2.13 bits per heavy atom. The molecule has 1 aromatic carbocycles. The number of nitrogens with one attached hydrogen (secondary N) is 1. The van der Waals surface area contributed by atoms with Gasteiger partial charge in [0, 0.05) is 17.5 Å². The number of carbonyl (C=O) groups excluding carboxylic acids is 3. The quantitative estimate of drug-likeness (QED) is 0.114. The molecule has 1 N–H and O–H groups in total. The van der Waals surface area contributed by atoms with Crippen molar-refractivity contribution >= 4 is 35.5 Å². The largest absolute Gasteiger partial charge is 0.462 e. The molecule has 0 heterocycles. The third kappa shape index (κ3) is 10.9. The van der Waals surface area contributed by atoms with E-state index >= 15 is 0 Å². The zero-order valence-corrected chi connectivity index (χ0v) is 24.0. The van der Waals surface area contributed by atoms with Gasteiger partial charge in [0.15, 0.2) is 0 Å². The number of nitro benzene ring substituents is 1. The SMILES string of the molecule is CC(C)(C)OC(=O)N[C@@H](CCSCCC1(COC(=O)c2ccc([N+](=O)[O-])cc2)CCC1)C(=O)OC(C)(C)C. The number of hydrogen-bond donors (Lipinski definition) is 1. The van der Waals surface area contributed by atoms with Crippen LogP contribution in [0.15, 0.2) is 24.3 Å². The second-order valence-corrected chi connectivity index (χ2v) is 12.8. The smallest absolute Gasteiger partial charge is 0.408 e. The Morgan fingerprint density at radius 2 is 1.63 bits per heavy atom. The van der Waals surface area contributed by atoms with Crippen LogP contribution in [0.25, 0.3) is 0 Å². The summed E-state index contributed by atoms with van der Waals surface area (Å²) in [5.74, 6) is 0.436. The van der Waals surface area contributed by atoms with Crippen LogP contribution in [-0.2, 0) is 19.0 Å². The zero-order valence-electron chi connectivity index (χ0n) is 23.2. The first kappa shape index (κ1) is 31.4. The van der Waals surface area contributed by atoms with E-state index in [4.69, 9.17) is 14.2 Å². The van der Waals surface area contributed by atoms with Crippen molar-refractivity contribution in [2.75, 3.05) is 18.1 Å². The Hall–Kier alpha value is -2.82. The van der Waals surface area contributed by atoms with Crippen LogP contribution in [0.1, 0.15) is 84.0 Å². The van der Waals surface area contributed by atoms with Crippen LogP contribution in [0.4, 0.5) is 10.5 Å². The minimum absolute atomic E-state index is 0.0794. The van der Waals surface area contributed by atoms with Gasteiger partial charge in [-0.15, -0.1) is 0 Å². The highest BCUT2D eigenvalue weighted by Gasteiger charge is 2.38. The van der Waals surface area contributed by atoms with Crippen LogP contribution in [0.3, 0.4) is 0 Å². The van der Waals surface area contributed by atoms with Gasteiger partial charge in [0.2, 0.25) is 0 Å². The average Bonchev–Trinajstić information content (AvgIpc) is 2.76. The van der Waals surface area contributed by atoms with E-state index in [0.29, 0.717) is 18.8 Å². The molecule has 0 aromatic heterocycles. The third-order valence-corrected chi connectivity index (χ3v) is 6.96. The molecule has 2 rings (SSSR count). The van der Waals surface area contributed by atoms with E-state index in [0.717, 1.165) is 31.4 Å². The van der Waals surface area contributed by atoms with E-state index in [1.165, 1.54) is 24.3 Å². The van der Waals surface area contributed by atoms with Crippen molar-refractivity contribution in [1.82, 2.24) is 5.32 Å². The number of esters is 2. The number of ether oxygens (including phenoxy) is 3. The highest BCUT2D eigenvalue weighted by Crippen LogP contribution is 2.45. The van der Waals surface area contributed by atoms with Gasteiger partial charge < -0.3 is 19.5 Å². The number of nitrogens with zero attached hydrogens (tertiary/aromatic N) is 1. The Kier molecular flexibility index (Phi) is 11.0. The van der Waals surface area contributed by atoms with E-state index in [1.807, 2.05) is 0 Å². The molecule has 11 heteroatoms. The van der Waals surface area contributed by atoms with Crippen LogP contribution in [0, 0.1) is 15.5 Å². The molecule has 38 heavy (non-hydrogen) atoms. The number of benzene rings is 1. The molecule has 1 aliphatic carbocycles. The highest BCUT2D eigenvalue weighted by molar-refractivity contribution is 7.99.